The number of aromatic nitrogens is 4. The van der Waals surface area contributed by atoms with Gasteiger partial charge in [0.15, 0.2) is 11.5 Å². The highest BCUT2D eigenvalue weighted by molar-refractivity contribution is 5.65. The van der Waals surface area contributed by atoms with E-state index in [9.17, 15) is 0 Å². The molecule has 0 aliphatic carbocycles. The molecule has 0 saturated carbocycles. The lowest BCUT2D eigenvalue weighted by molar-refractivity contribution is 0.174. The largest absolute Gasteiger partial charge is 0.454 e. The first-order valence-electron chi connectivity index (χ1n) is 8.25. The Kier molecular flexibility index (Phi) is 3.41. The molecule has 0 bridgehead atoms. The highest BCUT2D eigenvalue weighted by atomic mass is 16.7. The third kappa shape index (κ3) is 2.59. The van der Waals surface area contributed by atoms with Gasteiger partial charge in [-0.2, -0.15) is 0 Å². The molecular weight excluding hydrogens is 330 g/mol. The third-order valence-corrected chi connectivity index (χ3v) is 4.26. The standard InChI is InChI=1S/C19H15N5O2/c1-2-4-14(5-3-1)15-9-18(24-11-21-23-19(24)22-15)20-10-13-6-7-16-17(8-13)26-12-25-16/h1-9,11,20H,10,12H2. The van der Waals surface area contributed by atoms with Crippen molar-refractivity contribution in [3.05, 3.63) is 66.5 Å². The van der Waals surface area contributed by atoms with Crippen LogP contribution in [0.5, 0.6) is 11.5 Å². The van der Waals surface area contributed by atoms with E-state index in [1.807, 2.05) is 59.0 Å². The summed E-state index contributed by atoms with van der Waals surface area (Å²) in [5, 5.41) is 11.5. The maximum atomic E-state index is 5.44. The maximum Gasteiger partial charge on any atom is 0.256 e. The number of rotatable bonds is 4. The van der Waals surface area contributed by atoms with Crippen LogP contribution in [0.3, 0.4) is 0 Å². The Morgan fingerprint density at radius 2 is 1.88 bits per heavy atom. The van der Waals surface area contributed by atoms with Crippen LogP contribution in [0.1, 0.15) is 5.56 Å². The maximum absolute atomic E-state index is 5.44. The number of nitrogens with one attached hydrogen (secondary N) is 1. The van der Waals surface area contributed by atoms with Gasteiger partial charge in [0.25, 0.3) is 5.78 Å². The molecule has 26 heavy (non-hydrogen) atoms. The normalized spacial score (nSPS) is 12.5. The Balaban J connectivity index is 1.47. The monoisotopic (exact) mass is 345 g/mol. The van der Waals surface area contributed by atoms with Gasteiger partial charge in [-0.3, -0.25) is 4.40 Å². The van der Waals surface area contributed by atoms with Crippen LogP contribution in [0.15, 0.2) is 60.9 Å². The van der Waals surface area contributed by atoms with Crippen LogP contribution < -0.4 is 14.8 Å². The first kappa shape index (κ1) is 14.7. The number of hydrogen-bond acceptors (Lipinski definition) is 6. The molecule has 0 spiro atoms. The molecule has 1 aliphatic heterocycles. The minimum Gasteiger partial charge on any atom is -0.454 e. The number of nitrogens with zero attached hydrogens (tertiary/aromatic N) is 4. The molecule has 0 fully saturated rings. The number of benzene rings is 2. The van der Waals surface area contributed by atoms with Gasteiger partial charge in [-0.15, -0.1) is 10.2 Å². The summed E-state index contributed by atoms with van der Waals surface area (Å²) in [6, 6.07) is 17.9. The minimum absolute atomic E-state index is 0.276. The summed E-state index contributed by atoms with van der Waals surface area (Å²) in [7, 11) is 0. The predicted octanol–water partition coefficient (Wildman–Crippen LogP) is 3.13. The molecule has 2 aromatic carbocycles. The molecule has 0 amide bonds. The molecule has 0 radical (unpaired) electrons. The quantitative estimate of drug-likeness (QED) is 0.613. The van der Waals surface area contributed by atoms with Crippen LogP contribution in [-0.2, 0) is 6.54 Å². The molecule has 7 heteroatoms. The van der Waals surface area contributed by atoms with Crippen molar-refractivity contribution in [1.29, 1.82) is 0 Å². The molecule has 0 unspecified atom stereocenters. The summed E-state index contributed by atoms with van der Waals surface area (Å²) in [6.07, 6.45) is 1.65. The van der Waals surface area contributed by atoms with Crippen LogP contribution in [0.2, 0.25) is 0 Å². The van der Waals surface area contributed by atoms with Gasteiger partial charge in [-0.1, -0.05) is 36.4 Å². The highest BCUT2D eigenvalue weighted by Crippen LogP contribution is 2.32. The molecule has 4 aromatic rings. The second-order valence-electron chi connectivity index (χ2n) is 5.93. The van der Waals surface area contributed by atoms with E-state index < -0.39 is 0 Å². The van der Waals surface area contributed by atoms with Crippen molar-refractivity contribution in [2.45, 2.75) is 6.54 Å². The average Bonchev–Trinajstić information content (AvgIpc) is 3.35. The second-order valence-corrected chi connectivity index (χ2v) is 5.93. The van der Waals surface area contributed by atoms with Gasteiger partial charge in [-0.25, -0.2) is 4.98 Å². The van der Waals surface area contributed by atoms with Gasteiger partial charge in [0.2, 0.25) is 6.79 Å². The van der Waals surface area contributed by atoms with E-state index >= 15 is 0 Å². The summed E-state index contributed by atoms with van der Waals surface area (Å²) in [4.78, 5) is 4.58. The van der Waals surface area contributed by atoms with Gasteiger partial charge in [-0.05, 0) is 17.7 Å². The van der Waals surface area contributed by atoms with Gasteiger partial charge in [0.05, 0.1) is 5.69 Å². The number of anilines is 1. The van der Waals surface area contributed by atoms with Crippen molar-refractivity contribution in [2.75, 3.05) is 12.1 Å². The molecule has 0 atom stereocenters. The van der Waals surface area contributed by atoms with Crippen LogP contribution in [0.4, 0.5) is 5.82 Å². The highest BCUT2D eigenvalue weighted by Gasteiger charge is 2.14. The first-order valence-corrected chi connectivity index (χ1v) is 8.25. The Hall–Kier alpha value is -3.61. The van der Waals surface area contributed by atoms with Crippen LogP contribution in [0, 0.1) is 0 Å². The van der Waals surface area contributed by atoms with E-state index in [1.54, 1.807) is 6.33 Å². The van der Waals surface area contributed by atoms with Crippen LogP contribution in [0.25, 0.3) is 17.0 Å². The Morgan fingerprint density at radius 1 is 1.00 bits per heavy atom. The Labute approximate surface area is 149 Å². The van der Waals surface area contributed by atoms with Crippen molar-refractivity contribution in [3.8, 4) is 22.8 Å². The van der Waals surface area contributed by atoms with Gasteiger partial charge < -0.3 is 14.8 Å². The molecule has 1 aliphatic rings. The van der Waals surface area contributed by atoms with E-state index in [0.29, 0.717) is 12.3 Å². The van der Waals surface area contributed by atoms with Crippen molar-refractivity contribution >= 4 is 11.6 Å². The fourth-order valence-corrected chi connectivity index (χ4v) is 2.95. The lowest BCUT2D eigenvalue weighted by atomic mass is 10.1. The van der Waals surface area contributed by atoms with Crippen molar-refractivity contribution in [3.63, 3.8) is 0 Å². The number of ether oxygens (including phenoxy) is 2. The fraction of sp³-hybridized carbons (Fsp3) is 0.105. The third-order valence-electron chi connectivity index (χ3n) is 4.26. The number of hydrogen-bond donors (Lipinski definition) is 1. The van der Waals surface area contributed by atoms with E-state index in [0.717, 1.165) is 34.1 Å². The van der Waals surface area contributed by atoms with E-state index in [2.05, 4.69) is 20.5 Å². The van der Waals surface area contributed by atoms with E-state index in [1.165, 1.54) is 0 Å². The van der Waals surface area contributed by atoms with Crippen molar-refractivity contribution < 1.29 is 9.47 Å². The van der Waals surface area contributed by atoms with Crippen LogP contribution in [-0.4, -0.2) is 26.4 Å². The summed E-state index contributed by atoms with van der Waals surface area (Å²) in [5.74, 6) is 2.99. The fourth-order valence-electron chi connectivity index (χ4n) is 2.95. The molecular formula is C19H15N5O2. The van der Waals surface area contributed by atoms with Gasteiger partial charge >= 0.3 is 0 Å². The molecule has 3 heterocycles. The van der Waals surface area contributed by atoms with Crippen molar-refractivity contribution in [2.24, 2.45) is 0 Å². The summed E-state index contributed by atoms with van der Waals surface area (Å²) < 4.78 is 12.6. The second kappa shape index (κ2) is 6.03. The lowest BCUT2D eigenvalue weighted by Gasteiger charge is -2.11. The van der Waals surface area contributed by atoms with Gasteiger partial charge in [0, 0.05) is 18.2 Å². The minimum atomic E-state index is 0.276. The summed E-state index contributed by atoms with van der Waals surface area (Å²) in [6.45, 7) is 0.903. The lowest BCUT2D eigenvalue weighted by Crippen LogP contribution is -2.05. The Bertz CT molecular complexity index is 1080. The zero-order chi connectivity index (χ0) is 17.3. The topological polar surface area (TPSA) is 73.6 Å². The first-order chi connectivity index (χ1) is 12.9. The zero-order valence-corrected chi connectivity index (χ0v) is 13.8. The molecule has 7 nitrogen and oxygen atoms in total. The SMILES string of the molecule is c1ccc(-c2cc(NCc3ccc4c(c3)OCO4)n3cnnc3n2)cc1. The summed E-state index contributed by atoms with van der Waals surface area (Å²) >= 11 is 0. The molecule has 128 valence electrons. The molecule has 2 aromatic heterocycles. The smallest absolute Gasteiger partial charge is 0.256 e. The average molecular weight is 345 g/mol. The zero-order valence-electron chi connectivity index (χ0n) is 13.8. The molecule has 1 N–H and O–H groups in total. The molecule has 5 rings (SSSR count). The van der Waals surface area contributed by atoms with Gasteiger partial charge in [0.1, 0.15) is 12.1 Å². The summed E-state index contributed by atoms with van der Waals surface area (Å²) in [5.41, 5.74) is 2.97. The Morgan fingerprint density at radius 3 is 2.81 bits per heavy atom. The predicted molar refractivity (Wildman–Crippen MR) is 96.1 cm³/mol. The number of fused-ring (bicyclic) bond motifs is 2. The van der Waals surface area contributed by atoms with E-state index in [4.69, 9.17) is 9.47 Å². The molecule has 0 saturated heterocycles. The van der Waals surface area contributed by atoms with Crippen molar-refractivity contribution in [1.82, 2.24) is 19.6 Å². The van der Waals surface area contributed by atoms with E-state index in [-0.39, 0.29) is 6.79 Å². The van der Waals surface area contributed by atoms with Crippen LogP contribution >= 0.6 is 0 Å².